The number of carbonyl (C=O) groups is 1. The van der Waals surface area contributed by atoms with Crippen molar-refractivity contribution in [3.63, 3.8) is 0 Å². The summed E-state index contributed by atoms with van der Waals surface area (Å²) in [6.45, 7) is 2.71. The van der Waals surface area contributed by atoms with Crippen LogP contribution in [0.1, 0.15) is 19.4 Å². The zero-order chi connectivity index (χ0) is 10.6. The molecule has 1 atom stereocenters. The highest BCUT2D eigenvalue weighted by Gasteiger charge is 2.22. The van der Waals surface area contributed by atoms with E-state index in [0.29, 0.717) is 0 Å². The molecule has 0 amide bonds. The predicted octanol–water partition coefficient (Wildman–Crippen LogP) is 1.38. The molecule has 0 unspecified atom stereocenters. The fourth-order valence-electron chi connectivity index (χ4n) is 0.803. The highest BCUT2D eigenvalue weighted by molar-refractivity contribution is 5.87. The molecule has 0 aliphatic heterocycles. The lowest BCUT2D eigenvalue weighted by Gasteiger charge is -2.10. The largest absolute Gasteiger partial charge is 0.371 e. The molecule has 1 N–H and O–H groups in total. The van der Waals surface area contributed by atoms with Crippen LogP contribution in [0, 0.1) is 11.8 Å². The molecule has 0 saturated carbocycles. The first kappa shape index (κ1) is 10.5. The van der Waals surface area contributed by atoms with Gasteiger partial charge in [0.05, 0.1) is 0 Å². The standard InChI is InChI=1S/C12H12O2/c1-10(13)12(2,14)9-8-11-6-4-3-5-7-11/h3-7,14H,1-2H3/t12-/m0/s1. The molecule has 0 fully saturated rings. The normalized spacial score (nSPS) is 13.6. The van der Waals surface area contributed by atoms with Crippen LogP contribution in [-0.2, 0) is 4.79 Å². The summed E-state index contributed by atoms with van der Waals surface area (Å²) in [5.74, 6) is 4.93. The maximum atomic E-state index is 10.9. The van der Waals surface area contributed by atoms with Crippen molar-refractivity contribution in [2.75, 3.05) is 0 Å². The van der Waals surface area contributed by atoms with Gasteiger partial charge < -0.3 is 5.11 Å². The summed E-state index contributed by atoms with van der Waals surface area (Å²) < 4.78 is 0. The van der Waals surface area contributed by atoms with Crippen LogP contribution in [0.3, 0.4) is 0 Å². The van der Waals surface area contributed by atoms with Crippen LogP contribution >= 0.6 is 0 Å². The Morgan fingerprint density at radius 2 is 1.93 bits per heavy atom. The van der Waals surface area contributed by atoms with Gasteiger partial charge in [-0.25, -0.2) is 0 Å². The Bertz CT molecular complexity index is 380. The maximum Gasteiger partial charge on any atom is 0.181 e. The molecule has 1 rings (SSSR count). The van der Waals surface area contributed by atoms with Gasteiger partial charge in [0.1, 0.15) is 0 Å². The third-order valence-corrected chi connectivity index (χ3v) is 1.91. The van der Waals surface area contributed by atoms with Gasteiger partial charge in [0.2, 0.25) is 0 Å². The van der Waals surface area contributed by atoms with Crippen molar-refractivity contribution in [3.05, 3.63) is 35.9 Å². The molecule has 0 bridgehead atoms. The van der Waals surface area contributed by atoms with Crippen molar-refractivity contribution in [1.82, 2.24) is 0 Å². The molecule has 2 heteroatoms. The number of benzene rings is 1. The maximum absolute atomic E-state index is 10.9. The second kappa shape index (κ2) is 4.08. The minimum atomic E-state index is -1.55. The van der Waals surface area contributed by atoms with Gasteiger partial charge in [0, 0.05) is 5.56 Å². The van der Waals surface area contributed by atoms with Crippen LogP contribution in [0.25, 0.3) is 0 Å². The molecule has 0 aliphatic carbocycles. The Labute approximate surface area is 83.6 Å². The van der Waals surface area contributed by atoms with Crippen LogP contribution in [0.5, 0.6) is 0 Å². The van der Waals surface area contributed by atoms with E-state index in [1.54, 1.807) is 0 Å². The summed E-state index contributed by atoms with van der Waals surface area (Å²) in [7, 11) is 0. The molecule has 1 aromatic rings. The lowest BCUT2D eigenvalue weighted by molar-refractivity contribution is -0.128. The van der Waals surface area contributed by atoms with Crippen molar-refractivity contribution in [2.45, 2.75) is 19.4 Å². The summed E-state index contributed by atoms with van der Waals surface area (Å²) in [5, 5.41) is 9.53. The lowest BCUT2D eigenvalue weighted by Crippen LogP contribution is -2.30. The Balaban J connectivity index is 2.89. The van der Waals surface area contributed by atoms with Gasteiger partial charge in [0.15, 0.2) is 11.4 Å². The SMILES string of the molecule is CC(=O)[C@@](C)(O)C#Cc1ccccc1. The van der Waals surface area contributed by atoms with E-state index in [9.17, 15) is 9.90 Å². The topological polar surface area (TPSA) is 37.3 Å². The van der Waals surface area contributed by atoms with Crippen molar-refractivity contribution < 1.29 is 9.90 Å². The number of rotatable bonds is 1. The van der Waals surface area contributed by atoms with E-state index in [1.165, 1.54) is 13.8 Å². The van der Waals surface area contributed by atoms with E-state index in [2.05, 4.69) is 11.8 Å². The Morgan fingerprint density at radius 1 is 1.36 bits per heavy atom. The van der Waals surface area contributed by atoms with Crippen molar-refractivity contribution in [2.24, 2.45) is 0 Å². The average molecular weight is 188 g/mol. The minimum Gasteiger partial charge on any atom is -0.371 e. The fraction of sp³-hybridized carbons (Fsp3) is 0.250. The first-order valence-corrected chi connectivity index (χ1v) is 4.34. The molecule has 0 saturated heterocycles. The average Bonchev–Trinajstić information content (AvgIpc) is 2.16. The van der Waals surface area contributed by atoms with Gasteiger partial charge in [-0.2, -0.15) is 0 Å². The monoisotopic (exact) mass is 188 g/mol. The van der Waals surface area contributed by atoms with E-state index < -0.39 is 5.60 Å². The van der Waals surface area contributed by atoms with E-state index in [4.69, 9.17) is 0 Å². The summed E-state index contributed by atoms with van der Waals surface area (Å²) in [6.07, 6.45) is 0. The second-order valence-electron chi connectivity index (χ2n) is 3.24. The van der Waals surface area contributed by atoms with Crippen LogP contribution in [0.4, 0.5) is 0 Å². The highest BCUT2D eigenvalue weighted by atomic mass is 16.3. The van der Waals surface area contributed by atoms with E-state index in [-0.39, 0.29) is 5.78 Å². The number of hydrogen-bond acceptors (Lipinski definition) is 2. The Hall–Kier alpha value is -1.59. The molecule has 0 aliphatic rings. The second-order valence-corrected chi connectivity index (χ2v) is 3.24. The zero-order valence-electron chi connectivity index (χ0n) is 8.24. The van der Waals surface area contributed by atoms with E-state index >= 15 is 0 Å². The zero-order valence-corrected chi connectivity index (χ0v) is 8.24. The number of ketones is 1. The van der Waals surface area contributed by atoms with Crippen LogP contribution in [0.15, 0.2) is 30.3 Å². The quantitative estimate of drug-likeness (QED) is 0.676. The molecule has 1 aromatic carbocycles. The number of hydrogen-bond donors (Lipinski definition) is 1. The number of Topliss-reactive ketones (excluding diaryl/α,β-unsaturated/α-hetero) is 1. The molecule has 0 spiro atoms. The first-order chi connectivity index (χ1) is 6.52. The highest BCUT2D eigenvalue weighted by Crippen LogP contribution is 2.03. The van der Waals surface area contributed by atoms with Crippen molar-refractivity contribution in [3.8, 4) is 11.8 Å². The molecule has 0 aromatic heterocycles. The van der Waals surface area contributed by atoms with Crippen molar-refractivity contribution in [1.29, 1.82) is 0 Å². The van der Waals surface area contributed by atoms with Gasteiger partial charge in [-0.05, 0) is 26.0 Å². The number of aliphatic hydroxyl groups is 1. The van der Waals surface area contributed by atoms with Gasteiger partial charge in [0.25, 0.3) is 0 Å². The molecule has 0 radical (unpaired) electrons. The fourth-order valence-corrected chi connectivity index (χ4v) is 0.803. The van der Waals surface area contributed by atoms with Gasteiger partial charge in [-0.3, -0.25) is 4.79 Å². The molecule has 0 heterocycles. The molecule has 72 valence electrons. The summed E-state index contributed by atoms with van der Waals surface area (Å²) >= 11 is 0. The Morgan fingerprint density at radius 3 is 2.43 bits per heavy atom. The molecular formula is C12H12O2. The van der Waals surface area contributed by atoms with Gasteiger partial charge in [-0.1, -0.05) is 30.0 Å². The third kappa shape index (κ3) is 2.72. The summed E-state index contributed by atoms with van der Waals surface area (Å²) in [6, 6.07) is 9.24. The van der Waals surface area contributed by atoms with Crippen LogP contribution in [0.2, 0.25) is 0 Å². The van der Waals surface area contributed by atoms with E-state index in [1.807, 2.05) is 30.3 Å². The van der Waals surface area contributed by atoms with Gasteiger partial charge in [-0.15, -0.1) is 0 Å². The molecular weight excluding hydrogens is 176 g/mol. The lowest BCUT2D eigenvalue weighted by atomic mass is 10.0. The minimum absolute atomic E-state index is 0.346. The third-order valence-electron chi connectivity index (χ3n) is 1.91. The molecule has 2 nitrogen and oxygen atoms in total. The smallest absolute Gasteiger partial charge is 0.181 e. The van der Waals surface area contributed by atoms with Crippen LogP contribution < -0.4 is 0 Å². The predicted molar refractivity (Wildman–Crippen MR) is 54.6 cm³/mol. The van der Waals surface area contributed by atoms with Crippen molar-refractivity contribution >= 4 is 5.78 Å². The first-order valence-electron chi connectivity index (χ1n) is 4.34. The summed E-state index contributed by atoms with van der Waals surface area (Å²) in [5.41, 5.74) is -0.760. The summed E-state index contributed by atoms with van der Waals surface area (Å²) in [4.78, 5) is 10.9. The molecule has 14 heavy (non-hydrogen) atoms. The van der Waals surface area contributed by atoms with Gasteiger partial charge >= 0.3 is 0 Å². The number of carbonyl (C=O) groups excluding carboxylic acids is 1. The Kier molecular flexibility index (Phi) is 3.06. The van der Waals surface area contributed by atoms with E-state index in [0.717, 1.165) is 5.56 Å². The van der Waals surface area contributed by atoms with Crippen LogP contribution in [-0.4, -0.2) is 16.5 Å².